The molecule has 0 spiro atoms. The third-order valence-corrected chi connectivity index (χ3v) is 6.04. The highest BCUT2D eigenvalue weighted by Gasteiger charge is 2.31. The molecule has 0 amide bonds. The second-order valence-electron chi connectivity index (χ2n) is 7.37. The zero-order valence-corrected chi connectivity index (χ0v) is 14.0. The molecule has 118 valence electrons. The minimum atomic E-state index is 0.813. The molecular weight excluding hydrogens is 242 g/mol. The SMILES string of the molecule is CCNC(CC1CCCCCC1)C1CCCCC1CC. The molecule has 2 rings (SSSR count). The van der Waals surface area contributed by atoms with Crippen LogP contribution in [0.5, 0.6) is 0 Å². The van der Waals surface area contributed by atoms with Crippen molar-refractivity contribution in [3.63, 3.8) is 0 Å². The third-order valence-electron chi connectivity index (χ3n) is 6.04. The largest absolute Gasteiger partial charge is 0.314 e. The fraction of sp³-hybridized carbons (Fsp3) is 1.00. The normalized spacial score (nSPS) is 30.9. The van der Waals surface area contributed by atoms with Gasteiger partial charge in [0.15, 0.2) is 0 Å². The predicted octanol–water partition coefficient (Wildman–Crippen LogP) is 5.54. The number of hydrogen-bond donors (Lipinski definition) is 1. The molecule has 0 bridgehead atoms. The molecule has 2 aliphatic rings. The van der Waals surface area contributed by atoms with Crippen LogP contribution in [0.3, 0.4) is 0 Å². The Kier molecular flexibility index (Phi) is 7.41. The van der Waals surface area contributed by atoms with Crippen molar-refractivity contribution < 1.29 is 0 Å². The van der Waals surface area contributed by atoms with Crippen LogP contribution in [0.25, 0.3) is 0 Å². The highest BCUT2D eigenvalue weighted by atomic mass is 14.9. The van der Waals surface area contributed by atoms with E-state index in [0.717, 1.165) is 30.3 Å². The summed E-state index contributed by atoms with van der Waals surface area (Å²) < 4.78 is 0. The molecule has 0 aromatic heterocycles. The van der Waals surface area contributed by atoms with Gasteiger partial charge in [-0.2, -0.15) is 0 Å². The minimum Gasteiger partial charge on any atom is -0.314 e. The van der Waals surface area contributed by atoms with Crippen LogP contribution >= 0.6 is 0 Å². The van der Waals surface area contributed by atoms with Crippen molar-refractivity contribution in [2.45, 2.75) is 96.9 Å². The molecule has 0 radical (unpaired) electrons. The summed E-state index contributed by atoms with van der Waals surface area (Å²) >= 11 is 0. The first-order valence-electron chi connectivity index (χ1n) is 9.58. The quantitative estimate of drug-likeness (QED) is 0.629. The van der Waals surface area contributed by atoms with Crippen LogP contribution in [0.2, 0.25) is 0 Å². The van der Waals surface area contributed by atoms with Crippen molar-refractivity contribution in [1.82, 2.24) is 5.32 Å². The molecule has 3 atom stereocenters. The summed E-state index contributed by atoms with van der Waals surface area (Å²) in [6.07, 6.45) is 17.8. The first-order chi connectivity index (χ1) is 9.85. The Balaban J connectivity index is 1.93. The van der Waals surface area contributed by atoms with E-state index in [9.17, 15) is 0 Å². The fourth-order valence-electron chi connectivity index (χ4n) is 4.90. The molecule has 0 saturated heterocycles. The molecule has 20 heavy (non-hydrogen) atoms. The van der Waals surface area contributed by atoms with Crippen LogP contribution in [0.4, 0.5) is 0 Å². The topological polar surface area (TPSA) is 12.0 Å². The maximum absolute atomic E-state index is 3.88. The molecule has 0 aromatic rings. The minimum absolute atomic E-state index is 0.813. The third kappa shape index (κ3) is 4.76. The summed E-state index contributed by atoms with van der Waals surface area (Å²) in [5.74, 6) is 2.98. The van der Waals surface area contributed by atoms with Gasteiger partial charge in [-0.1, -0.05) is 78.1 Å². The predicted molar refractivity (Wildman–Crippen MR) is 89.0 cm³/mol. The maximum atomic E-state index is 3.88. The second-order valence-corrected chi connectivity index (χ2v) is 7.37. The lowest BCUT2D eigenvalue weighted by atomic mass is 9.71. The molecule has 3 unspecified atom stereocenters. The van der Waals surface area contributed by atoms with E-state index in [1.165, 1.54) is 77.0 Å². The molecule has 1 heteroatoms. The van der Waals surface area contributed by atoms with Crippen molar-refractivity contribution in [3.05, 3.63) is 0 Å². The Labute approximate surface area is 127 Å². The van der Waals surface area contributed by atoms with E-state index in [2.05, 4.69) is 19.2 Å². The molecule has 0 heterocycles. The Bertz CT molecular complexity index is 242. The average molecular weight is 280 g/mol. The molecule has 0 aliphatic heterocycles. The van der Waals surface area contributed by atoms with Gasteiger partial charge < -0.3 is 5.32 Å². The lowest BCUT2D eigenvalue weighted by Gasteiger charge is -2.39. The van der Waals surface area contributed by atoms with Gasteiger partial charge in [0.1, 0.15) is 0 Å². The smallest absolute Gasteiger partial charge is 0.0100 e. The highest BCUT2D eigenvalue weighted by Crippen LogP contribution is 2.37. The Hall–Kier alpha value is -0.0400. The van der Waals surface area contributed by atoms with E-state index < -0.39 is 0 Å². The fourth-order valence-corrected chi connectivity index (χ4v) is 4.90. The lowest BCUT2D eigenvalue weighted by molar-refractivity contribution is 0.154. The van der Waals surface area contributed by atoms with Crippen LogP contribution in [0, 0.1) is 17.8 Å². The van der Waals surface area contributed by atoms with E-state index >= 15 is 0 Å². The summed E-state index contributed by atoms with van der Waals surface area (Å²) in [6.45, 7) is 5.87. The molecular formula is C19H37N. The highest BCUT2D eigenvalue weighted by molar-refractivity contribution is 4.86. The van der Waals surface area contributed by atoms with Gasteiger partial charge in [0.2, 0.25) is 0 Å². The van der Waals surface area contributed by atoms with Gasteiger partial charge in [0.25, 0.3) is 0 Å². The van der Waals surface area contributed by atoms with Crippen molar-refractivity contribution in [1.29, 1.82) is 0 Å². The number of nitrogens with one attached hydrogen (secondary N) is 1. The summed E-state index contributed by atoms with van der Waals surface area (Å²) in [4.78, 5) is 0. The Morgan fingerprint density at radius 1 is 0.850 bits per heavy atom. The zero-order valence-electron chi connectivity index (χ0n) is 14.0. The van der Waals surface area contributed by atoms with Crippen LogP contribution in [-0.4, -0.2) is 12.6 Å². The van der Waals surface area contributed by atoms with Crippen LogP contribution < -0.4 is 5.32 Å². The molecule has 0 aromatic carbocycles. The van der Waals surface area contributed by atoms with E-state index in [-0.39, 0.29) is 0 Å². The van der Waals surface area contributed by atoms with Crippen LogP contribution in [0.1, 0.15) is 90.9 Å². The number of hydrogen-bond acceptors (Lipinski definition) is 1. The Morgan fingerprint density at radius 2 is 1.50 bits per heavy atom. The summed E-state index contributed by atoms with van der Waals surface area (Å²) in [7, 11) is 0. The van der Waals surface area contributed by atoms with Gasteiger partial charge >= 0.3 is 0 Å². The van der Waals surface area contributed by atoms with E-state index in [0.29, 0.717) is 0 Å². The van der Waals surface area contributed by atoms with E-state index in [1.54, 1.807) is 0 Å². The molecule has 2 aliphatic carbocycles. The monoisotopic (exact) mass is 279 g/mol. The standard InChI is InChI=1S/C19H37N/c1-3-17-13-9-10-14-18(17)19(20-4-2)15-16-11-7-5-6-8-12-16/h16-20H,3-15H2,1-2H3. The van der Waals surface area contributed by atoms with Gasteiger partial charge in [-0.25, -0.2) is 0 Å². The van der Waals surface area contributed by atoms with Gasteiger partial charge in [-0.05, 0) is 37.1 Å². The van der Waals surface area contributed by atoms with E-state index in [1.807, 2.05) is 0 Å². The molecule has 2 fully saturated rings. The zero-order chi connectivity index (χ0) is 14.2. The lowest BCUT2D eigenvalue weighted by Crippen LogP contribution is -2.42. The van der Waals surface area contributed by atoms with E-state index in [4.69, 9.17) is 0 Å². The molecule has 2 saturated carbocycles. The van der Waals surface area contributed by atoms with Crippen LogP contribution in [-0.2, 0) is 0 Å². The summed E-state index contributed by atoms with van der Waals surface area (Å²) in [5, 5.41) is 3.88. The van der Waals surface area contributed by atoms with Crippen LogP contribution in [0.15, 0.2) is 0 Å². The van der Waals surface area contributed by atoms with Gasteiger partial charge in [0.05, 0.1) is 0 Å². The maximum Gasteiger partial charge on any atom is 0.0100 e. The van der Waals surface area contributed by atoms with Crippen molar-refractivity contribution >= 4 is 0 Å². The van der Waals surface area contributed by atoms with Gasteiger partial charge in [-0.15, -0.1) is 0 Å². The van der Waals surface area contributed by atoms with Crippen molar-refractivity contribution in [3.8, 4) is 0 Å². The Morgan fingerprint density at radius 3 is 2.15 bits per heavy atom. The second kappa shape index (κ2) is 9.07. The first-order valence-corrected chi connectivity index (χ1v) is 9.58. The van der Waals surface area contributed by atoms with Gasteiger partial charge in [-0.3, -0.25) is 0 Å². The molecule has 1 nitrogen and oxygen atoms in total. The summed E-state index contributed by atoms with van der Waals surface area (Å²) in [6, 6.07) is 0.813. The van der Waals surface area contributed by atoms with Crippen molar-refractivity contribution in [2.24, 2.45) is 17.8 Å². The summed E-state index contributed by atoms with van der Waals surface area (Å²) in [5.41, 5.74) is 0. The van der Waals surface area contributed by atoms with Gasteiger partial charge in [0, 0.05) is 6.04 Å². The average Bonchev–Trinajstić information content (AvgIpc) is 2.75. The first kappa shape index (κ1) is 16.3. The molecule has 1 N–H and O–H groups in total. The number of rotatable bonds is 6. The van der Waals surface area contributed by atoms with Crippen molar-refractivity contribution in [2.75, 3.05) is 6.54 Å².